The summed E-state index contributed by atoms with van der Waals surface area (Å²) >= 11 is 2.96. The molecule has 88 valence electrons. The Balaban J connectivity index is 3.01. The van der Waals surface area contributed by atoms with Gasteiger partial charge in [-0.25, -0.2) is 0 Å². The first-order valence-electron chi connectivity index (χ1n) is 4.33. The van der Waals surface area contributed by atoms with Crippen LogP contribution >= 0.6 is 15.9 Å². The number of benzene rings is 1. The Bertz CT molecular complexity index is 401. The second kappa shape index (κ2) is 5.33. The summed E-state index contributed by atoms with van der Waals surface area (Å²) in [6.45, 7) is 0. The molecule has 0 aliphatic rings. The molecule has 0 saturated carbocycles. The molecule has 0 aliphatic carbocycles. The topological polar surface area (TPSA) is 83.6 Å². The molecule has 0 bridgehead atoms. The van der Waals surface area contributed by atoms with Crippen molar-refractivity contribution < 1.29 is 19.5 Å². The zero-order valence-corrected chi connectivity index (χ0v) is 9.59. The summed E-state index contributed by atoms with van der Waals surface area (Å²) in [5.41, 5.74) is -0.570. The number of nitro groups is 1. The zero-order chi connectivity index (χ0) is 12.3. The smallest absolute Gasteiger partial charge is 0.304 e. The lowest BCUT2D eigenvalue weighted by atomic mass is 10.0. The van der Waals surface area contributed by atoms with E-state index in [0.29, 0.717) is 0 Å². The van der Waals surface area contributed by atoms with Crippen LogP contribution in [-0.2, 0) is 0 Å². The number of hydrogen-bond donors (Lipinski definition) is 2. The highest BCUT2D eigenvalue weighted by atomic mass is 79.9. The van der Waals surface area contributed by atoms with Gasteiger partial charge in [0.15, 0.2) is 0 Å². The van der Waals surface area contributed by atoms with Crippen molar-refractivity contribution in [3.05, 3.63) is 39.7 Å². The molecule has 7 heteroatoms. The molecular formula is C9H9BrFNO4. The van der Waals surface area contributed by atoms with Gasteiger partial charge in [-0.1, -0.05) is 15.9 Å². The van der Waals surface area contributed by atoms with Crippen molar-refractivity contribution in [2.24, 2.45) is 0 Å². The summed E-state index contributed by atoms with van der Waals surface area (Å²) < 4.78 is 13.2. The van der Waals surface area contributed by atoms with Crippen molar-refractivity contribution in [2.45, 2.75) is 12.2 Å². The van der Waals surface area contributed by atoms with Gasteiger partial charge in [-0.3, -0.25) is 10.1 Å². The minimum atomic E-state index is -1.28. The fraction of sp³-hybridized carbons (Fsp3) is 0.333. The Hall–Kier alpha value is -1.05. The summed E-state index contributed by atoms with van der Waals surface area (Å²) in [6.07, 6.45) is -2.38. The van der Waals surface area contributed by atoms with Crippen molar-refractivity contribution in [2.75, 3.05) is 5.33 Å². The molecule has 0 heterocycles. The van der Waals surface area contributed by atoms with E-state index >= 15 is 0 Å². The van der Waals surface area contributed by atoms with Crippen molar-refractivity contribution in [1.82, 2.24) is 0 Å². The molecule has 0 amide bonds. The van der Waals surface area contributed by atoms with Crippen molar-refractivity contribution in [1.29, 1.82) is 0 Å². The van der Waals surface area contributed by atoms with Crippen LogP contribution in [0.1, 0.15) is 11.7 Å². The van der Waals surface area contributed by atoms with E-state index in [1.165, 1.54) is 6.07 Å². The van der Waals surface area contributed by atoms with Crippen LogP contribution in [0, 0.1) is 15.9 Å². The van der Waals surface area contributed by atoms with Gasteiger partial charge >= 0.3 is 5.69 Å². The van der Waals surface area contributed by atoms with Crippen molar-refractivity contribution >= 4 is 21.6 Å². The highest BCUT2D eigenvalue weighted by Gasteiger charge is 2.21. The fourth-order valence-electron chi connectivity index (χ4n) is 1.16. The SMILES string of the molecule is O=[N+]([O-])c1ccc(C(O)C(O)CBr)cc1F. The maximum Gasteiger partial charge on any atom is 0.304 e. The highest BCUT2D eigenvalue weighted by molar-refractivity contribution is 9.09. The third kappa shape index (κ3) is 2.75. The molecule has 1 rings (SSSR count). The lowest BCUT2D eigenvalue weighted by Gasteiger charge is -2.15. The molecule has 2 atom stereocenters. The Morgan fingerprint density at radius 1 is 1.50 bits per heavy atom. The largest absolute Gasteiger partial charge is 0.389 e. The molecule has 2 N–H and O–H groups in total. The van der Waals surface area contributed by atoms with Gasteiger partial charge in [-0.2, -0.15) is 4.39 Å². The van der Waals surface area contributed by atoms with Crippen LogP contribution in [0.3, 0.4) is 0 Å². The summed E-state index contributed by atoms with van der Waals surface area (Å²) in [5.74, 6) is -1.04. The number of halogens is 2. The predicted molar refractivity (Wildman–Crippen MR) is 57.8 cm³/mol. The van der Waals surface area contributed by atoms with Crippen LogP contribution < -0.4 is 0 Å². The van der Waals surface area contributed by atoms with Crippen LogP contribution in [0.15, 0.2) is 18.2 Å². The summed E-state index contributed by atoms with van der Waals surface area (Å²) in [6, 6.07) is 3.00. The Morgan fingerprint density at radius 2 is 2.12 bits per heavy atom. The van der Waals surface area contributed by atoms with Crippen LogP contribution in [0.2, 0.25) is 0 Å². The number of nitro benzene ring substituents is 1. The number of aliphatic hydroxyl groups excluding tert-OH is 2. The van der Waals surface area contributed by atoms with Crippen LogP contribution in [-0.4, -0.2) is 26.6 Å². The first kappa shape index (κ1) is 13.0. The normalized spacial score (nSPS) is 14.5. The van der Waals surface area contributed by atoms with Crippen molar-refractivity contribution in [3.63, 3.8) is 0 Å². The Labute approximate surface area is 98.8 Å². The minimum Gasteiger partial charge on any atom is -0.389 e. The van der Waals surface area contributed by atoms with Gasteiger partial charge in [0.25, 0.3) is 0 Å². The molecule has 16 heavy (non-hydrogen) atoms. The zero-order valence-electron chi connectivity index (χ0n) is 8.01. The first-order valence-corrected chi connectivity index (χ1v) is 5.45. The quantitative estimate of drug-likeness (QED) is 0.501. The number of aliphatic hydroxyl groups is 2. The van der Waals surface area contributed by atoms with Gasteiger partial charge in [-0.15, -0.1) is 0 Å². The third-order valence-corrected chi connectivity index (χ3v) is 2.70. The second-order valence-corrected chi connectivity index (χ2v) is 3.78. The van der Waals surface area contributed by atoms with Crippen LogP contribution in [0.5, 0.6) is 0 Å². The van der Waals surface area contributed by atoms with Crippen molar-refractivity contribution in [3.8, 4) is 0 Å². The number of nitrogens with zero attached hydrogens (tertiary/aromatic N) is 1. The number of alkyl halides is 1. The van der Waals surface area contributed by atoms with E-state index in [1.54, 1.807) is 0 Å². The second-order valence-electron chi connectivity index (χ2n) is 3.13. The summed E-state index contributed by atoms with van der Waals surface area (Å²) in [4.78, 5) is 9.48. The molecule has 1 aromatic carbocycles. The summed E-state index contributed by atoms with van der Waals surface area (Å²) in [7, 11) is 0. The maximum atomic E-state index is 13.2. The van der Waals surface area contributed by atoms with E-state index in [-0.39, 0.29) is 10.9 Å². The monoisotopic (exact) mass is 293 g/mol. The van der Waals surface area contributed by atoms with E-state index in [1.807, 2.05) is 0 Å². The van der Waals surface area contributed by atoms with Crippen LogP contribution in [0.25, 0.3) is 0 Å². The van der Waals surface area contributed by atoms with Gasteiger partial charge in [0.2, 0.25) is 5.82 Å². The van der Waals surface area contributed by atoms with E-state index in [4.69, 9.17) is 0 Å². The van der Waals surface area contributed by atoms with E-state index in [0.717, 1.165) is 12.1 Å². The lowest BCUT2D eigenvalue weighted by molar-refractivity contribution is -0.387. The molecule has 0 saturated heterocycles. The van der Waals surface area contributed by atoms with Crippen LogP contribution in [0.4, 0.5) is 10.1 Å². The van der Waals surface area contributed by atoms with Gasteiger partial charge in [0.05, 0.1) is 11.0 Å². The molecule has 0 radical (unpaired) electrons. The predicted octanol–water partition coefficient (Wildman–Crippen LogP) is 1.52. The third-order valence-electron chi connectivity index (χ3n) is 2.03. The molecule has 0 fully saturated rings. The highest BCUT2D eigenvalue weighted by Crippen LogP contribution is 2.24. The first-order chi connectivity index (χ1) is 7.47. The number of hydrogen-bond acceptors (Lipinski definition) is 4. The van der Waals surface area contributed by atoms with Gasteiger partial charge in [0, 0.05) is 11.4 Å². The van der Waals surface area contributed by atoms with Gasteiger partial charge < -0.3 is 10.2 Å². The number of rotatable bonds is 4. The maximum absolute atomic E-state index is 13.2. The van der Waals surface area contributed by atoms with Gasteiger partial charge in [0.1, 0.15) is 6.10 Å². The molecular weight excluding hydrogens is 285 g/mol. The molecule has 0 aliphatic heterocycles. The van der Waals surface area contributed by atoms with E-state index < -0.39 is 28.6 Å². The summed E-state index contributed by atoms with van der Waals surface area (Å²) in [5, 5.41) is 29.3. The minimum absolute atomic E-state index is 0.0926. The Morgan fingerprint density at radius 3 is 2.56 bits per heavy atom. The standard InChI is InChI=1S/C9H9BrFNO4/c10-4-8(13)9(14)5-1-2-7(12(15)16)6(11)3-5/h1-3,8-9,13-14H,4H2. The van der Waals surface area contributed by atoms with E-state index in [2.05, 4.69) is 15.9 Å². The molecule has 0 spiro atoms. The van der Waals surface area contributed by atoms with E-state index in [9.17, 15) is 24.7 Å². The fourth-order valence-corrected chi connectivity index (χ4v) is 1.52. The molecule has 1 aromatic rings. The average Bonchev–Trinajstić information content (AvgIpc) is 2.26. The molecule has 0 aromatic heterocycles. The average molecular weight is 294 g/mol. The lowest BCUT2D eigenvalue weighted by Crippen LogP contribution is -2.19. The van der Waals surface area contributed by atoms with Gasteiger partial charge in [-0.05, 0) is 17.7 Å². The molecule has 2 unspecified atom stereocenters. The Kier molecular flexibility index (Phi) is 4.34. The molecule has 5 nitrogen and oxygen atoms in total.